The van der Waals surface area contributed by atoms with Crippen LogP contribution in [0.2, 0.25) is 0 Å². The minimum absolute atomic E-state index is 0.0834. The molecule has 1 amide bonds. The van der Waals surface area contributed by atoms with E-state index in [9.17, 15) is 4.79 Å². The zero-order chi connectivity index (χ0) is 13.0. The fourth-order valence-electron chi connectivity index (χ4n) is 2.14. The van der Waals surface area contributed by atoms with Gasteiger partial charge in [-0.25, -0.2) is 4.98 Å². The van der Waals surface area contributed by atoms with Crippen LogP contribution in [-0.4, -0.2) is 58.7 Å². The van der Waals surface area contributed by atoms with Gasteiger partial charge < -0.3 is 9.80 Å². The first-order chi connectivity index (χ1) is 8.70. The number of alkyl halides is 1. The van der Waals surface area contributed by atoms with Crippen LogP contribution in [0.15, 0.2) is 5.38 Å². The van der Waals surface area contributed by atoms with Crippen molar-refractivity contribution in [1.82, 2.24) is 14.8 Å². The predicted octanol–water partition coefficient (Wildman–Crippen LogP) is 1.99. The molecule has 0 spiro atoms. The summed E-state index contributed by atoms with van der Waals surface area (Å²) in [5.74, 6) is 0.0834. The molecule has 4 nitrogen and oxygen atoms in total. The van der Waals surface area contributed by atoms with Crippen LogP contribution in [-0.2, 0) is 0 Å². The van der Waals surface area contributed by atoms with Crippen molar-refractivity contribution in [3.63, 3.8) is 0 Å². The van der Waals surface area contributed by atoms with Gasteiger partial charge in [0.25, 0.3) is 5.91 Å². The van der Waals surface area contributed by atoms with Crippen molar-refractivity contribution in [2.45, 2.75) is 13.3 Å². The Morgan fingerprint density at radius 3 is 2.94 bits per heavy atom. The second-order valence-corrected chi connectivity index (χ2v) is 6.28. The van der Waals surface area contributed by atoms with E-state index in [-0.39, 0.29) is 5.91 Å². The number of carbonyl (C=O) groups excluding carboxylic acids is 1. The van der Waals surface area contributed by atoms with E-state index >= 15 is 0 Å². The van der Waals surface area contributed by atoms with Gasteiger partial charge in [0.2, 0.25) is 0 Å². The average Bonchev–Trinajstić information content (AvgIpc) is 2.65. The van der Waals surface area contributed by atoms with Crippen molar-refractivity contribution in [3.8, 4) is 0 Å². The van der Waals surface area contributed by atoms with Gasteiger partial charge in [-0.1, -0.05) is 15.9 Å². The summed E-state index contributed by atoms with van der Waals surface area (Å²) in [7, 11) is 0. The Balaban J connectivity index is 1.95. The third kappa shape index (κ3) is 3.52. The SMILES string of the molecule is Cc1nc(C(=O)N2CCCN(CCBr)CC2)cs1. The van der Waals surface area contributed by atoms with Crippen LogP contribution >= 0.6 is 27.3 Å². The van der Waals surface area contributed by atoms with Crippen molar-refractivity contribution in [3.05, 3.63) is 16.1 Å². The second-order valence-electron chi connectivity index (χ2n) is 4.43. The summed E-state index contributed by atoms with van der Waals surface area (Å²) in [6.07, 6.45) is 1.04. The zero-order valence-corrected chi connectivity index (χ0v) is 13.0. The normalized spacial score (nSPS) is 17.8. The average molecular weight is 332 g/mol. The monoisotopic (exact) mass is 331 g/mol. The van der Waals surface area contributed by atoms with E-state index in [1.807, 2.05) is 17.2 Å². The van der Waals surface area contributed by atoms with Gasteiger partial charge in [-0.2, -0.15) is 0 Å². The minimum Gasteiger partial charge on any atom is -0.336 e. The number of hydrogen-bond donors (Lipinski definition) is 0. The number of halogens is 1. The highest BCUT2D eigenvalue weighted by Crippen LogP contribution is 2.12. The number of carbonyl (C=O) groups is 1. The fourth-order valence-corrected chi connectivity index (χ4v) is 3.23. The molecule has 1 saturated heterocycles. The van der Waals surface area contributed by atoms with Gasteiger partial charge >= 0.3 is 0 Å². The van der Waals surface area contributed by atoms with Crippen LogP contribution < -0.4 is 0 Å². The van der Waals surface area contributed by atoms with Gasteiger partial charge in [0.15, 0.2) is 0 Å². The molecule has 6 heteroatoms. The molecule has 2 rings (SSSR count). The highest BCUT2D eigenvalue weighted by Gasteiger charge is 2.21. The van der Waals surface area contributed by atoms with Gasteiger partial charge in [0.05, 0.1) is 5.01 Å². The molecular weight excluding hydrogens is 314 g/mol. The molecular formula is C12H18BrN3OS. The van der Waals surface area contributed by atoms with Crippen LogP contribution in [0.1, 0.15) is 21.9 Å². The van der Waals surface area contributed by atoms with E-state index in [0.29, 0.717) is 5.69 Å². The molecule has 1 aliphatic heterocycles. The summed E-state index contributed by atoms with van der Waals surface area (Å²) in [6.45, 7) is 6.67. The molecule has 0 atom stereocenters. The van der Waals surface area contributed by atoms with Crippen molar-refractivity contribution >= 4 is 33.2 Å². The maximum absolute atomic E-state index is 12.3. The van der Waals surface area contributed by atoms with Crippen LogP contribution in [0.5, 0.6) is 0 Å². The Morgan fingerprint density at radius 2 is 2.28 bits per heavy atom. The van der Waals surface area contributed by atoms with E-state index in [1.54, 1.807) is 0 Å². The number of hydrogen-bond acceptors (Lipinski definition) is 4. The first-order valence-electron chi connectivity index (χ1n) is 6.20. The molecule has 1 fully saturated rings. The highest BCUT2D eigenvalue weighted by molar-refractivity contribution is 9.09. The van der Waals surface area contributed by atoms with Crippen LogP contribution in [0.25, 0.3) is 0 Å². The van der Waals surface area contributed by atoms with Crippen molar-refractivity contribution in [1.29, 1.82) is 0 Å². The zero-order valence-electron chi connectivity index (χ0n) is 10.6. The largest absolute Gasteiger partial charge is 0.336 e. The molecule has 0 N–H and O–H groups in total. The van der Waals surface area contributed by atoms with Crippen molar-refractivity contribution < 1.29 is 4.79 Å². The maximum Gasteiger partial charge on any atom is 0.273 e. The maximum atomic E-state index is 12.3. The highest BCUT2D eigenvalue weighted by atomic mass is 79.9. The first-order valence-corrected chi connectivity index (χ1v) is 8.20. The van der Waals surface area contributed by atoms with Crippen LogP contribution in [0, 0.1) is 6.92 Å². The van der Waals surface area contributed by atoms with Crippen LogP contribution in [0.4, 0.5) is 0 Å². The first kappa shape index (κ1) is 14.0. The third-order valence-corrected chi connectivity index (χ3v) is 4.24. The number of nitrogens with zero attached hydrogens (tertiary/aromatic N) is 3. The Hall–Kier alpha value is -0.460. The summed E-state index contributed by atoms with van der Waals surface area (Å²) in [5, 5.41) is 3.81. The molecule has 0 saturated carbocycles. The van der Waals surface area contributed by atoms with E-state index in [2.05, 4.69) is 25.8 Å². The second kappa shape index (κ2) is 6.63. The Morgan fingerprint density at radius 1 is 1.44 bits per heavy atom. The molecule has 1 aliphatic rings. The lowest BCUT2D eigenvalue weighted by atomic mass is 10.3. The Labute approximate surface area is 120 Å². The van der Waals surface area contributed by atoms with E-state index in [1.165, 1.54) is 11.3 Å². The molecule has 0 radical (unpaired) electrons. The number of aryl methyl sites for hydroxylation is 1. The smallest absolute Gasteiger partial charge is 0.273 e. The molecule has 2 heterocycles. The molecule has 1 aromatic rings. The summed E-state index contributed by atoms with van der Waals surface area (Å²) in [6, 6.07) is 0. The van der Waals surface area contributed by atoms with Gasteiger partial charge in [0, 0.05) is 36.9 Å². The fraction of sp³-hybridized carbons (Fsp3) is 0.667. The Bertz CT molecular complexity index is 410. The number of rotatable bonds is 3. The summed E-state index contributed by atoms with van der Waals surface area (Å²) >= 11 is 5.00. The lowest BCUT2D eigenvalue weighted by Crippen LogP contribution is -2.35. The van der Waals surface area contributed by atoms with E-state index in [0.717, 1.165) is 49.5 Å². The molecule has 18 heavy (non-hydrogen) atoms. The van der Waals surface area contributed by atoms with Crippen molar-refractivity contribution in [2.24, 2.45) is 0 Å². The Kier molecular flexibility index (Phi) is 5.14. The van der Waals surface area contributed by atoms with Gasteiger partial charge in [-0.05, 0) is 19.9 Å². The molecule has 0 bridgehead atoms. The van der Waals surface area contributed by atoms with Crippen LogP contribution in [0.3, 0.4) is 0 Å². The van der Waals surface area contributed by atoms with E-state index < -0.39 is 0 Å². The summed E-state index contributed by atoms with van der Waals surface area (Å²) in [4.78, 5) is 20.9. The standard InChI is InChI=1S/C12H18BrN3OS/c1-10-14-11(9-18-10)12(17)16-5-2-4-15(6-3-13)7-8-16/h9H,2-8H2,1H3. The number of amides is 1. The molecule has 100 valence electrons. The molecule has 0 aliphatic carbocycles. The van der Waals surface area contributed by atoms with Gasteiger partial charge in [-0.3, -0.25) is 4.79 Å². The predicted molar refractivity (Wildman–Crippen MR) is 77.6 cm³/mol. The molecule has 0 unspecified atom stereocenters. The van der Waals surface area contributed by atoms with Crippen molar-refractivity contribution in [2.75, 3.05) is 38.1 Å². The number of thiazole rings is 1. The topological polar surface area (TPSA) is 36.4 Å². The van der Waals surface area contributed by atoms with Gasteiger partial charge in [0.1, 0.15) is 5.69 Å². The molecule has 1 aromatic heterocycles. The molecule has 0 aromatic carbocycles. The van der Waals surface area contributed by atoms with Gasteiger partial charge in [-0.15, -0.1) is 11.3 Å². The lowest BCUT2D eigenvalue weighted by Gasteiger charge is -2.20. The van der Waals surface area contributed by atoms with E-state index in [4.69, 9.17) is 0 Å². The lowest BCUT2D eigenvalue weighted by molar-refractivity contribution is 0.0756. The third-order valence-electron chi connectivity index (χ3n) is 3.11. The summed E-state index contributed by atoms with van der Waals surface area (Å²) in [5.41, 5.74) is 0.603. The quantitative estimate of drug-likeness (QED) is 0.795. The number of aromatic nitrogens is 1. The minimum atomic E-state index is 0.0834. The summed E-state index contributed by atoms with van der Waals surface area (Å²) < 4.78 is 0.